The molecule has 2 aromatic rings. The van der Waals surface area contributed by atoms with E-state index in [4.69, 9.17) is 11.6 Å². The molecule has 3 rings (SSSR count). The Morgan fingerprint density at radius 3 is 2.70 bits per heavy atom. The van der Waals surface area contributed by atoms with Crippen molar-refractivity contribution in [2.24, 2.45) is 0 Å². The Morgan fingerprint density at radius 2 is 2.00 bits per heavy atom. The van der Waals surface area contributed by atoms with E-state index in [1.54, 1.807) is 6.20 Å². The third kappa shape index (κ3) is 4.42. The average molecular weight is 335 g/mol. The van der Waals surface area contributed by atoms with Gasteiger partial charge in [-0.25, -0.2) is 9.97 Å². The average Bonchev–Trinajstić information content (AvgIpc) is 3.09. The minimum absolute atomic E-state index is 0.438. The van der Waals surface area contributed by atoms with Gasteiger partial charge in [-0.2, -0.15) is 5.10 Å². The van der Waals surface area contributed by atoms with Crippen LogP contribution in [0.2, 0.25) is 5.02 Å². The summed E-state index contributed by atoms with van der Waals surface area (Å²) < 4.78 is 0. The van der Waals surface area contributed by atoms with E-state index in [9.17, 15) is 0 Å². The molecule has 0 bridgehead atoms. The van der Waals surface area contributed by atoms with Crippen LogP contribution >= 0.6 is 11.6 Å². The van der Waals surface area contributed by atoms with Crippen LogP contribution < -0.4 is 10.6 Å². The van der Waals surface area contributed by atoms with Gasteiger partial charge in [-0.05, 0) is 32.1 Å². The maximum Gasteiger partial charge on any atom is 0.223 e. The number of aryl methyl sites for hydroxylation is 1. The van der Waals surface area contributed by atoms with Gasteiger partial charge in [0.25, 0.3) is 0 Å². The van der Waals surface area contributed by atoms with E-state index < -0.39 is 0 Å². The summed E-state index contributed by atoms with van der Waals surface area (Å²) in [4.78, 5) is 8.78. The first-order valence-corrected chi connectivity index (χ1v) is 8.61. The molecule has 0 radical (unpaired) electrons. The highest BCUT2D eigenvalue weighted by molar-refractivity contribution is 6.31. The van der Waals surface area contributed by atoms with Crippen molar-refractivity contribution in [3.05, 3.63) is 34.9 Å². The summed E-state index contributed by atoms with van der Waals surface area (Å²) in [5, 5.41) is 14.5. The van der Waals surface area contributed by atoms with Gasteiger partial charge in [0.1, 0.15) is 0 Å². The zero-order valence-electron chi connectivity index (χ0n) is 13.3. The van der Waals surface area contributed by atoms with Gasteiger partial charge < -0.3 is 10.6 Å². The highest BCUT2D eigenvalue weighted by atomic mass is 35.5. The largest absolute Gasteiger partial charge is 0.351 e. The Balaban J connectivity index is 1.45. The van der Waals surface area contributed by atoms with Gasteiger partial charge >= 0.3 is 0 Å². The molecule has 2 aromatic heterocycles. The number of anilines is 1. The van der Waals surface area contributed by atoms with Crippen LogP contribution in [0, 0.1) is 0 Å². The molecule has 0 aliphatic heterocycles. The van der Waals surface area contributed by atoms with E-state index in [1.807, 2.05) is 12.4 Å². The van der Waals surface area contributed by atoms with Crippen LogP contribution in [0.3, 0.4) is 0 Å². The van der Waals surface area contributed by atoms with Crippen LogP contribution in [-0.4, -0.2) is 32.2 Å². The van der Waals surface area contributed by atoms with E-state index in [1.165, 1.54) is 5.56 Å². The quantitative estimate of drug-likeness (QED) is 0.757. The zero-order valence-corrected chi connectivity index (χ0v) is 14.1. The number of nitrogens with one attached hydrogen (secondary N) is 3. The molecule has 0 amide bonds. The van der Waals surface area contributed by atoms with Gasteiger partial charge in [0.2, 0.25) is 5.95 Å². The molecule has 2 heterocycles. The number of hydrogen-bond donors (Lipinski definition) is 3. The van der Waals surface area contributed by atoms with Gasteiger partial charge in [-0.3, -0.25) is 5.10 Å². The summed E-state index contributed by atoms with van der Waals surface area (Å²) in [6.45, 7) is 2.92. The minimum Gasteiger partial charge on any atom is -0.351 e. The second-order valence-corrected chi connectivity index (χ2v) is 6.43. The predicted octanol–water partition coefficient (Wildman–Crippen LogP) is 2.93. The van der Waals surface area contributed by atoms with Crippen LogP contribution in [0.4, 0.5) is 5.95 Å². The molecule has 3 N–H and O–H groups in total. The van der Waals surface area contributed by atoms with E-state index >= 15 is 0 Å². The highest BCUT2D eigenvalue weighted by Gasteiger charge is 2.21. The van der Waals surface area contributed by atoms with Crippen molar-refractivity contribution in [1.82, 2.24) is 25.5 Å². The molecule has 23 heavy (non-hydrogen) atoms. The third-order valence-electron chi connectivity index (χ3n) is 4.36. The Kier molecular flexibility index (Phi) is 5.46. The lowest BCUT2D eigenvalue weighted by Gasteiger charge is -2.29. The van der Waals surface area contributed by atoms with Crippen molar-refractivity contribution in [3.8, 4) is 0 Å². The molecule has 0 aromatic carbocycles. The smallest absolute Gasteiger partial charge is 0.223 e. The fourth-order valence-electron chi connectivity index (χ4n) is 2.98. The number of hydrogen-bond acceptors (Lipinski definition) is 5. The van der Waals surface area contributed by atoms with Crippen molar-refractivity contribution < 1.29 is 0 Å². The Bertz CT molecular complexity index is 607. The summed E-state index contributed by atoms with van der Waals surface area (Å²) in [5.74, 6) is 0.695. The molecule has 124 valence electrons. The molecular formula is C16H23ClN6. The van der Waals surface area contributed by atoms with Crippen molar-refractivity contribution in [2.75, 3.05) is 5.32 Å². The topological polar surface area (TPSA) is 78.5 Å². The second kappa shape index (κ2) is 7.75. The molecule has 1 fully saturated rings. The number of H-pyrrole nitrogens is 1. The van der Waals surface area contributed by atoms with Gasteiger partial charge in [0.15, 0.2) is 0 Å². The number of nitrogens with zero attached hydrogens (tertiary/aromatic N) is 3. The van der Waals surface area contributed by atoms with E-state index in [-0.39, 0.29) is 0 Å². The highest BCUT2D eigenvalue weighted by Crippen LogP contribution is 2.22. The number of aromatic amines is 1. The normalized spacial score (nSPS) is 21.3. The summed E-state index contributed by atoms with van der Waals surface area (Å²) in [6, 6.07) is 1.01. The van der Waals surface area contributed by atoms with Gasteiger partial charge in [-0.15, -0.1) is 0 Å². The number of halogens is 1. The van der Waals surface area contributed by atoms with Gasteiger partial charge in [0.05, 0.1) is 23.1 Å². The zero-order chi connectivity index (χ0) is 16.1. The Morgan fingerprint density at radius 1 is 1.22 bits per heavy atom. The van der Waals surface area contributed by atoms with Crippen LogP contribution in [-0.2, 0) is 13.0 Å². The van der Waals surface area contributed by atoms with Crippen molar-refractivity contribution in [2.45, 2.75) is 57.7 Å². The van der Waals surface area contributed by atoms with Crippen molar-refractivity contribution >= 4 is 17.5 Å². The first-order valence-electron chi connectivity index (χ1n) is 8.23. The van der Waals surface area contributed by atoms with E-state index in [2.05, 4.69) is 37.7 Å². The second-order valence-electron chi connectivity index (χ2n) is 6.02. The first-order chi connectivity index (χ1) is 11.2. The number of aromatic nitrogens is 4. The van der Waals surface area contributed by atoms with E-state index in [0.29, 0.717) is 23.1 Å². The molecule has 1 aliphatic rings. The van der Waals surface area contributed by atoms with Crippen LogP contribution in [0.25, 0.3) is 0 Å². The summed E-state index contributed by atoms with van der Waals surface area (Å²) in [6.07, 6.45) is 10.9. The van der Waals surface area contributed by atoms with Gasteiger partial charge in [0, 0.05) is 30.4 Å². The summed E-state index contributed by atoms with van der Waals surface area (Å²) in [7, 11) is 0. The lowest BCUT2D eigenvalue weighted by molar-refractivity contribution is 0.352. The predicted molar refractivity (Wildman–Crippen MR) is 91.5 cm³/mol. The van der Waals surface area contributed by atoms with Gasteiger partial charge in [-0.1, -0.05) is 18.5 Å². The summed E-state index contributed by atoms with van der Waals surface area (Å²) in [5.41, 5.74) is 2.10. The molecule has 0 spiro atoms. The molecule has 7 heteroatoms. The fraction of sp³-hybridized carbons (Fsp3) is 0.562. The Hall–Kier alpha value is -1.66. The van der Waals surface area contributed by atoms with Crippen LogP contribution in [0.15, 0.2) is 18.6 Å². The molecule has 1 saturated carbocycles. The molecular weight excluding hydrogens is 312 g/mol. The monoisotopic (exact) mass is 334 g/mol. The van der Waals surface area contributed by atoms with E-state index in [0.717, 1.165) is 44.3 Å². The number of rotatable bonds is 6. The maximum absolute atomic E-state index is 6.07. The minimum atomic E-state index is 0.438. The Labute approximate surface area is 141 Å². The molecule has 0 atom stereocenters. The molecule has 6 nitrogen and oxygen atoms in total. The lowest BCUT2D eigenvalue weighted by atomic mass is 9.91. The van der Waals surface area contributed by atoms with Crippen LogP contribution in [0.5, 0.6) is 0 Å². The fourth-order valence-corrected chi connectivity index (χ4v) is 3.21. The maximum atomic E-state index is 6.07. The van der Waals surface area contributed by atoms with Crippen molar-refractivity contribution in [1.29, 1.82) is 0 Å². The van der Waals surface area contributed by atoms with Crippen LogP contribution in [0.1, 0.15) is 43.9 Å². The van der Waals surface area contributed by atoms with Crippen molar-refractivity contribution in [3.63, 3.8) is 0 Å². The lowest BCUT2D eigenvalue weighted by Crippen LogP contribution is -2.36. The first kappa shape index (κ1) is 16.2. The molecule has 1 aliphatic carbocycles. The SMILES string of the molecule is CCc1nc(N[C@H]2CC[C@H](NCc3cn[nH]c3)CC2)ncc1Cl. The summed E-state index contributed by atoms with van der Waals surface area (Å²) >= 11 is 6.07. The molecule has 0 saturated heterocycles. The molecule has 0 unspecified atom stereocenters. The standard InChI is InChI=1S/C16H23ClN6/c1-2-15-14(17)10-19-16(23-15)22-13-5-3-12(4-6-13)18-7-11-8-20-21-9-11/h8-10,12-13,18H,2-7H2,1H3,(H,20,21)(H,19,22,23)/t12-,13-. The third-order valence-corrected chi connectivity index (χ3v) is 4.68.